The Balaban J connectivity index is 1.77. The van der Waals surface area contributed by atoms with Crippen LogP contribution in [0.3, 0.4) is 0 Å². The molecule has 3 aromatic rings. The van der Waals surface area contributed by atoms with Crippen LogP contribution in [0.1, 0.15) is 35.0 Å². The summed E-state index contributed by atoms with van der Waals surface area (Å²) in [7, 11) is 1.50. The van der Waals surface area contributed by atoms with E-state index in [1.54, 1.807) is 13.0 Å². The second kappa shape index (κ2) is 8.16. The van der Waals surface area contributed by atoms with Gasteiger partial charge in [0.05, 0.1) is 12.6 Å². The molecule has 0 aliphatic heterocycles. The first-order valence-electron chi connectivity index (χ1n) is 8.97. The van der Waals surface area contributed by atoms with Crippen molar-refractivity contribution in [2.45, 2.75) is 32.7 Å². The Labute approximate surface area is 158 Å². The molecule has 0 saturated carbocycles. The molecule has 0 spiro atoms. The summed E-state index contributed by atoms with van der Waals surface area (Å²) in [4.78, 5) is 17.1. The molecule has 5 heteroatoms. The molecule has 1 aromatic heterocycles. The number of carbonyl (C=O) groups is 1. The summed E-state index contributed by atoms with van der Waals surface area (Å²) in [5.41, 5.74) is 2.73. The van der Waals surface area contributed by atoms with Crippen molar-refractivity contribution >= 4 is 16.8 Å². The van der Waals surface area contributed by atoms with Gasteiger partial charge in [-0.3, -0.25) is 4.79 Å². The van der Waals surface area contributed by atoms with Gasteiger partial charge in [-0.15, -0.1) is 0 Å². The number of carbonyl (C=O) groups excluding carboxylic acids is 1. The number of halogens is 1. The van der Waals surface area contributed by atoms with Gasteiger partial charge in [0.2, 0.25) is 0 Å². The van der Waals surface area contributed by atoms with Crippen LogP contribution in [0, 0.1) is 12.7 Å². The molecule has 3 rings (SSSR count). The summed E-state index contributed by atoms with van der Waals surface area (Å²) in [5, 5.41) is 3.54. The van der Waals surface area contributed by atoms with Gasteiger partial charge in [-0.1, -0.05) is 30.3 Å². The SMILES string of the molecule is COc1cc(C(=O)N[C@H](C)CCc2ccccc2)nc2c(C)cc(F)cc12. The highest BCUT2D eigenvalue weighted by Gasteiger charge is 2.16. The van der Waals surface area contributed by atoms with E-state index in [4.69, 9.17) is 4.74 Å². The number of benzene rings is 2. The summed E-state index contributed by atoms with van der Waals surface area (Å²) in [5.74, 6) is -0.184. The predicted molar refractivity (Wildman–Crippen MR) is 105 cm³/mol. The average molecular weight is 366 g/mol. The molecule has 4 nitrogen and oxygen atoms in total. The van der Waals surface area contributed by atoms with Gasteiger partial charge in [-0.25, -0.2) is 9.37 Å². The normalized spacial score (nSPS) is 12.0. The lowest BCUT2D eigenvalue weighted by atomic mass is 10.1. The minimum absolute atomic E-state index is 0.00415. The minimum Gasteiger partial charge on any atom is -0.496 e. The van der Waals surface area contributed by atoms with Crippen LogP contribution in [0.25, 0.3) is 10.9 Å². The molecule has 0 saturated heterocycles. The van der Waals surface area contributed by atoms with E-state index in [1.165, 1.54) is 24.8 Å². The molecule has 0 radical (unpaired) electrons. The van der Waals surface area contributed by atoms with Crippen LogP contribution in [0.2, 0.25) is 0 Å². The highest BCUT2D eigenvalue weighted by atomic mass is 19.1. The fourth-order valence-corrected chi connectivity index (χ4v) is 3.11. The second-order valence-corrected chi connectivity index (χ2v) is 6.73. The quantitative estimate of drug-likeness (QED) is 0.702. The number of hydrogen-bond donors (Lipinski definition) is 1. The van der Waals surface area contributed by atoms with E-state index in [0.29, 0.717) is 22.2 Å². The Morgan fingerprint density at radius 3 is 2.67 bits per heavy atom. The van der Waals surface area contributed by atoms with Crippen molar-refractivity contribution in [3.8, 4) is 5.75 Å². The Hall–Kier alpha value is -2.95. The first-order chi connectivity index (χ1) is 13.0. The Morgan fingerprint density at radius 1 is 1.22 bits per heavy atom. The number of nitrogens with zero attached hydrogens (tertiary/aromatic N) is 1. The molecule has 2 aromatic carbocycles. The summed E-state index contributed by atoms with van der Waals surface area (Å²) in [6.07, 6.45) is 1.71. The number of aryl methyl sites for hydroxylation is 2. The van der Waals surface area contributed by atoms with Crippen LogP contribution in [0.5, 0.6) is 5.75 Å². The molecular formula is C22H23FN2O2. The lowest BCUT2D eigenvalue weighted by Gasteiger charge is -2.15. The Bertz CT molecular complexity index is 957. The van der Waals surface area contributed by atoms with Gasteiger partial charge in [0.25, 0.3) is 5.91 Å². The fraction of sp³-hybridized carbons (Fsp3) is 0.273. The molecule has 0 bridgehead atoms. The summed E-state index contributed by atoms with van der Waals surface area (Å²) in [6.45, 7) is 3.74. The summed E-state index contributed by atoms with van der Waals surface area (Å²) >= 11 is 0. The Morgan fingerprint density at radius 2 is 1.96 bits per heavy atom. The first-order valence-corrected chi connectivity index (χ1v) is 8.97. The molecule has 0 unspecified atom stereocenters. The van der Waals surface area contributed by atoms with Crippen molar-refractivity contribution in [2.75, 3.05) is 7.11 Å². The van der Waals surface area contributed by atoms with Crippen molar-refractivity contribution in [1.82, 2.24) is 10.3 Å². The van der Waals surface area contributed by atoms with Gasteiger partial charge in [-0.2, -0.15) is 0 Å². The van der Waals surface area contributed by atoms with E-state index in [9.17, 15) is 9.18 Å². The van der Waals surface area contributed by atoms with Gasteiger partial charge in [0.1, 0.15) is 17.3 Å². The molecule has 140 valence electrons. The second-order valence-electron chi connectivity index (χ2n) is 6.73. The average Bonchev–Trinajstić information content (AvgIpc) is 2.66. The third-order valence-corrected chi connectivity index (χ3v) is 4.57. The lowest BCUT2D eigenvalue weighted by Crippen LogP contribution is -2.33. The maximum absolute atomic E-state index is 13.7. The molecule has 1 atom stereocenters. The van der Waals surface area contributed by atoms with Crippen molar-refractivity contribution in [1.29, 1.82) is 0 Å². The number of hydrogen-bond acceptors (Lipinski definition) is 3. The van der Waals surface area contributed by atoms with Crippen molar-refractivity contribution in [2.24, 2.45) is 0 Å². The van der Waals surface area contributed by atoms with Gasteiger partial charge >= 0.3 is 0 Å². The van der Waals surface area contributed by atoms with Gasteiger partial charge in [0, 0.05) is 17.5 Å². The molecule has 0 aliphatic carbocycles. The number of methoxy groups -OCH3 is 1. The Kier molecular flexibility index (Phi) is 5.69. The van der Waals surface area contributed by atoms with Crippen molar-refractivity contribution in [3.05, 3.63) is 71.2 Å². The van der Waals surface area contributed by atoms with E-state index in [2.05, 4.69) is 22.4 Å². The van der Waals surface area contributed by atoms with Crippen LogP contribution in [0.4, 0.5) is 4.39 Å². The maximum atomic E-state index is 13.7. The van der Waals surface area contributed by atoms with Crippen molar-refractivity contribution in [3.63, 3.8) is 0 Å². The van der Waals surface area contributed by atoms with E-state index in [0.717, 1.165) is 12.8 Å². The first kappa shape index (κ1) is 18.8. The summed E-state index contributed by atoms with van der Waals surface area (Å²) < 4.78 is 19.1. The predicted octanol–water partition coefficient (Wildman–Crippen LogP) is 4.44. The van der Waals surface area contributed by atoms with Crippen LogP contribution < -0.4 is 10.1 Å². The standard InChI is InChI=1S/C22H23FN2O2/c1-14-11-17(23)12-18-20(27-3)13-19(25-21(14)18)22(26)24-15(2)9-10-16-7-5-4-6-8-16/h4-8,11-13,15H,9-10H2,1-3H3,(H,24,26)/t15-/m1/s1. The van der Waals surface area contributed by atoms with Gasteiger partial charge in [-0.05, 0) is 49.9 Å². The number of pyridine rings is 1. The fourth-order valence-electron chi connectivity index (χ4n) is 3.11. The zero-order chi connectivity index (χ0) is 19.4. The van der Waals surface area contributed by atoms with Crippen LogP contribution in [0.15, 0.2) is 48.5 Å². The minimum atomic E-state index is -0.355. The van der Waals surface area contributed by atoms with E-state index >= 15 is 0 Å². The summed E-state index contributed by atoms with van der Waals surface area (Å²) in [6, 6.07) is 14.5. The third kappa shape index (κ3) is 4.42. The van der Waals surface area contributed by atoms with Crippen LogP contribution in [-0.4, -0.2) is 24.0 Å². The lowest BCUT2D eigenvalue weighted by molar-refractivity contribution is 0.0933. The van der Waals surface area contributed by atoms with E-state index in [-0.39, 0.29) is 23.5 Å². The van der Waals surface area contributed by atoms with Gasteiger partial charge < -0.3 is 10.1 Å². The number of aromatic nitrogens is 1. The molecular weight excluding hydrogens is 343 g/mol. The maximum Gasteiger partial charge on any atom is 0.270 e. The van der Waals surface area contributed by atoms with Crippen LogP contribution >= 0.6 is 0 Å². The zero-order valence-electron chi connectivity index (χ0n) is 15.8. The number of nitrogens with one attached hydrogen (secondary N) is 1. The number of amides is 1. The largest absolute Gasteiger partial charge is 0.496 e. The van der Waals surface area contributed by atoms with E-state index in [1.807, 2.05) is 25.1 Å². The van der Waals surface area contributed by atoms with Crippen LogP contribution in [-0.2, 0) is 6.42 Å². The molecule has 27 heavy (non-hydrogen) atoms. The smallest absolute Gasteiger partial charge is 0.270 e. The monoisotopic (exact) mass is 366 g/mol. The third-order valence-electron chi connectivity index (χ3n) is 4.57. The number of ether oxygens (including phenoxy) is 1. The molecule has 0 fully saturated rings. The van der Waals surface area contributed by atoms with Crippen molar-refractivity contribution < 1.29 is 13.9 Å². The van der Waals surface area contributed by atoms with Gasteiger partial charge in [0.15, 0.2) is 0 Å². The molecule has 0 aliphatic rings. The highest BCUT2D eigenvalue weighted by molar-refractivity contribution is 5.97. The highest BCUT2D eigenvalue weighted by Crippen LogP contribution is 2.28. The molecule has 1 amide bonds. The zero-order valence-corrected chi connectivity index (χ0v) is 15.8. The van der Waals surface area contributed by atoms with E-state index < -0.39 is 0 Å². The topological polar surface area (TPSA) is 51.2 Å². The number of rotatable bonds is 6. The molecule has 1 heterocycles. The number of fused-ring (bicyclic) bond motifs is 1. The molecule has 1 N–H and O–H groups in total.